The van der Waals surface area contributed by atoms with E-state index in [9.17, 15) is 13.2 Å². The zero-order chi connectivity index (χ0) is 16.5. The molecule has 0 spiro atoms. The second kappa shape index (κ2) is 5.93. The molecule has 1 aromatic carbocycles. The average Bonchev–Trinajstić information content (AvgIpc) is 3.17. The normalized spacial score (nSPS) is 25.0. The van der Waals surface area contributed by atoms with Crippen molar-refractivity contribution >= 4 is 0 Å². The van der Waals surface area contributed by atoms with Crippen molar-refractivity contribution in [3.63, 3.8) is 0 Å². The average molecular weight is 327 g/mol. The SMILES string of the molecule is CCC[C@H]1CO[C@](c2ccc(C(F)(F)F)cc2)(n2cncn2)O1. The molecule has 124 valence electrons. The second-order valence-electron chi connectivity index (χ2n) is 5.34. The van der Waals surface area contributed by atoms with E-state index in [1.54, 1.807) is 0 Å². The molecule has 2 aromatic rings. The van der Waals surface area contributed by atoms with E-state index in [1.807, 2.05) is 6.92 Å². The van der Waals surface area contributed by atoms with Crippen LogP contribution in [0.5, 0.6) is 0 Å². The van der Waals surface area contributed by atoms with Gasteiger partial charge in [0.15, 0.2) is 0 Å². The number of rotatable bonds is 4. The van der Waals surface area contributed by atoms with Crippen molar-refractivity contribution in [1.82, 2.24) is 14.8 Å². The van der Waals surface area contributed by atoms with E-state index in [-0.39, 0.29) is 6.10 Å². The monoisotopic (exact) mass is 327 g/mol. The van der Waals surface area contributed by atoms with Gasteiger partial charge in [0.2, 0.25) is 0 Å². The molecule has 1 aliphatic rings. The topological polar surface area (TPSA) is 49.2 Å². The first kappa shape index (κ1) is 15.9. The van der Waals surface area contributed by atoms with Gasteiger partial charge in [-0.15, -0.1) is 0 Å². The lowest BCUT2D eigenvalue weighted by atomic mass is 10.1. The molecule has 1 aliphatic heterocycles. The number of hydrogen-bond acceptors (Lipinski definition) is 4. The molecule has 0 bridgehead atoms. The molecule has 0 aliphatic carbocycles. The molecular weight excluding hydrogens is 311 g/mol. The van der Waals surface area contributed by atoms with Crippen LogP contribution in [-0.4, -0.2) is 27.5 Å². The molecule has 0 amide bonds. The zero-order valence-corrected chi connectivity index (χ0v) is 12.5. The molecule has 5 nitrogen and oxygen atoms in total. The fourth-order valence-corrected chi connectivity index (χ4v) is 2.60. The molecule has 0 radical (unpaired) electrons. The lowest BCUT2D eigenvalue weighted by Gasteiger charge is -2.28. The smallest absolute Gasteiger partial charge is 0.325 e. The molecule has 1 aromatic heterocycles. The highest BCUT2D eigenvalue weighted by molar-refractivity contribution is 5.28. The molecule has 1 saturated heterocycles. The first-order valence-electron chi connectivity index (χ1n) is 7.30. The number of hydrogen-bond donors (Lipinski definition) is 0. The van der Waals surface area contributed by atoms with Crippen LogP contribution in [0.3, 0.4) is 0 Å². The Morgan fingerprint density at radius 1 is 1.30 bits per heavy atom. The van der Waals surface area contributed by atoms with E-state index in [2.05, 4.69) is 10.1 Å². The highest BCUT2D eigenvalue weighted by Crippen LogP contribution is 2.38. The number of halogens is 3. The minimum absolute atomic E-state index is 0.147. The van der Waals surface area contributed by atoms with Gasteiger partial charge in [-0.05, 0) is 18.6 Å². The van der Waals surface area contributed by atoms with Crippen molar-refractivity contribution in [3.05, 3.63) is 48.0 Å². The van der Waals surface area contributed by atoms with Gasteiger partial charge in [0.05, 0.1) is 18.3 Å². The standard InChI is InChI=1S/C15H16F3N3O2/c1-2-3-13-8-22-15(23-13,21-10-19-9-20-21)12-6-4-11(5-7-12)14(16,17)18/h4-7,9-10,13H,2-3,8H2,1H3/t13-,15-/m0/s1. The third-order valence-electron chi connectivity index (χ3n) is 3.70. The van der Waals surface area contributed by atoms with Crippen LogP contribution in [0, 0.1) is 0 Å². The van der Waals surface area contributed by atoms with Gasteiger partial charge in [0.25, 0.3) is 0 Å². The largest absolute Gasteiger partial charge is 0.416 e. The van der Waals surface area contributed by atoms with Crippen LogP contribution in [0.1, 0.15) is 30.9 Å². The summed E-state index contributed by atoms with van der Waals surface area (Å²) >= 11 is 0. The highest BCUT2D eigenvalue weighted by Gasteiger charge is 2.46. The van der Waals surface area contributed by atoms with E-state index in [0.29, 0.717) is 12.2 Å². The molecule has 0 N–H and O–H groups in total. The van der Waals surface area contributed by atoms with Gasteiger partial charge in [0, 0.05) is 5.56 Å². The molecule has 1 fully saturated rings. The Balaban J connectivity index is 1.97. The Hall–Kier alpha value is -1.93. The Labute approximate surface area is 131 Å². The first-order valence-corrected chi connectivity index (χ1v) is 7.30. The lowest BCUT2D eigenvalue weighted by molar-refractivity contribution is -0.206. The van der Waals surface area contributed by atoms with Crippen LogP contribution in [0.25, 0.3) is 0 Å². The maximum Gasteiger partial charge on any atom is 0.416 e. The van der Waals surface area contributed by atoms with Crippen LogP contribution in [0.15, 0.2) is 36.9 Å². The van der Waals surface area contributed by atoms with Crippen molar-refractivity contribution in [1.29, 1.82) is 0 Å². The quantitative estimate of drug-likeness (QED) is 0.865. The summed E-state index contributed by atoms with van der Waals surface area (Å²) in [5.74, 6) is -1.37. The number of aromatic nitrogens is 3. The predicted octanol–water partition coefficient (Wildman–Crippen LogP) is 3.17. The van der Waals surface area contributed by atoms with Gasteiger partial charge in [0.1, 0.15) is 12.7 Å². The van der Waals surface area contributed by atoms with Gasteiger partial charge in [-0.3, -0.25) is 0 Å². The van der Waals surface area contributed by atoms with Crippen molar-refractivity contribution in [2.24, 2.45) is 0 Å². The summed E-state index contributed by atoms with van der Waals surface area (Å²) in [6.45, 7) is 2.37. The summed E-state index contributed by atoms with van der Waals surface area (Å²) in [5.41, 5.74) is -0.285. The predicted molar refractivity (Wildman–Crippen MR) is 74.3 cm³/mol. The van der Waals surface area contributed by atoms with Crippen molar-refractivity contribution in [2.75, 3.05) is 6.61 Å². The number of alkyl halides is 3. The molecule has 2 atom stereocenters. The molecule has 0 unspecified atom stereocenters. The molecule has 2 heterocycles. The Kier molecular flexibility index (Phi) is 4.11. The molecular formula is C15H16F3N3O2. The first-order chi connectivity index (χ1) is 11.0. The molecule has 0 saturated carbocycles. The summed E-state index contributed by atoms with van der Waals surface area (Å²) in [5, 5.41) is 4.05. The maximum absolute atomic E-state index is 12.7. The van der Waals surface area contributed by atoms with E-state index in [4.69, 9.17) is 9.47 Å². The summed E-state index contributed by atoms with van der Waals surface area (Å²) < 4.78 is 51.4. The van der Waals surface area contributed by atoms with Crippen LogP contribution in [-0.2, 0) is 21.6 Å². The van der Waals surface area contributed by atoms with E-state index in [1.165, 1.54) is 29.5 Å². The van der Waals surface area contributed by atoms with Gasteiger partial charge in [-0.2, -0.15) is 23.0 Å². The lowest BCUT2D eigenvalue weighted by Crippen LogP contribution is -2.37. The van der Waals surface area contributed by atoms with Crippen LogP contribution in [0.2, 0.25) is 0 Å². The van der Waals surface area contributed by atoms with Crippen LogP contribution < -0.4 is 0 Å². The van der Waals surface area contributed by atoms with Crippen molar-refractivity contribution in [2.45, 2.75) is 38.0 Å². The van der Waals surface area contributed by atoms with Gasteiger partial charge < -0.3 is 9.47 Å². The maximum atomic E-state index is 12.7. The summed E-state index contributed by atoms with van der Waals surface area (Å²) in [6.07, 6.45) is -0.0869. The third kappa shape index (κ3) is 2.96. The zero-order valence-electron chi connectivity index (χ0n) is 12.5. The van der Waals surface area contributed by atoms with E-state index < -0.39 is 17.7 Å². The number of nitrogens with zero attached hydrogens (tertiary/aromatic N) is 3. The third-order valence-corrected chi connectivity index (χ3v) is 3.70. The summed E-state index contributed by atoms with van der Waals surface area (Å²) in [4.78, 5) is 3.88. The van der Waals surface area contributed by atoms with Crippen molar-refractivity contribution in [3.8, 4) is 0 Å². The fraction of sp³-hybridized carbons (Fsp3) is 0.467. The summed E-state index contributed by atoms with van der Waals surface area (Å²) in [6, 6.07) is 4.71. The second-order valence-corrected chi connectivity index (χ2v) is 5.34. The molecule has 3 rings (SSSR count). The minimum atomic E-state index is -4.39. The molecule has 8 heteroatoms. The number of benzene rings is 1. The van der Waals surface area contributed by atoms with E-state index >= 15 is 0 Å². The van der Waals surface area contributed by atoms with Gasteiger partial charge in [-0.1, -0.05) is 25.5 Å². The van der Waals surface area contributed by atoms with Gasteiger partial charge >= 0.3 is 12.1 Å². The highest BCUT2D eigenvalue weighted by atomic mass is 19.4. The Morgan fingerprint density at radius 3 is 2.61 bits per heavy atom. The summed E-state index contributed by atoms with van der Waals surface area (Å²) in [7, 11) is 0. The Morgan fingerprint density at radius 2 is 2.04 bits per heavy atom. The van der Waals surface area contributed by atoms with E-state index in [0.717, 1.165) is 25.0 Å². The van der Waals surface area contributed by atoms with Crippen molar-refractivity contribution < 1.29 is 22.6 Å². The number of ether oxygens (including phenoxy) is 2. The van der Waals surface area contributed by atoms with Gasteiger partial charge in [-0.25, -0.2) is 4.98 Å². The molecule has 23 heavy (non-hydrogen) atoms. The van der Waals surface area contributed by atoms with Crippen LogP contribution >= 0.6 is 0 Å². The fourth-order valence-electron chi connectivity index (χ4n) is 2.60. The Bertz CT molecular complexity index is 643. The van der Waals surface area contributed by atoms with Crippen LogP contribution in [0.4, 0.5) is 13.2 Å². The minimum Gasteiger partial charge on any atom is -0.325 e.